The molecule has 7 nitrogen and oxygen atoms in total. The number of nitrogens with zero attached hydrogens (tertiary/aromatic N) is 3. The summed E-state index contributed by atoms with van der Waals surface area (Å²) in [5, 5.41) is 3.45. The van der Waals surface area contributed by atoms with Crippen molar-refractivity contribution in [2.45, 2.75) is 25.9 Å². The minimum atomic E-state index is 0. The number of fused-ring (bicyclic) bond motifs is 1. The summed E-state index contributed by atoms with van der Waals surface area (Å²) in [7, 11) is 0. The molecule has 1 aromatic rings. The Kier molecular flexibility index (Phi) is 7.42. The van der Waals surface area contributed by atoms with Crippen LogP contribution in [0, 0.1) is 0 Å². The third kappa shape index (κ3) is 4.97. The van der Waals surface area contributed by atoms with Crippen LogP contribution in [0.2, 0.25) is 0 Å². The van der Waals surface area contributed by atoms with Gasteiger partial charge in [0.15, 0.2) is 17.5 Å². The summed E-state index contributed by atoms with van der Waals surface area (Å²) in [6.45, 7) is 9.82. The van der Waals surface area contributed by atoms with Crippen LogP contribution < -0.4 is 14.8 Å². The van der Waals surface area contributed by atoms with E-state index in [9.17, 15) is 0 Å². The zero-order chi connectivity index (χ0) is 17.8. The number of likely N-dealkylation sites (tertiary alicyclic amines) is 1. The summed E-state index contributed by atoms with van der Waals surface area (Å²) >= 11 is 0. The summed E-state index contributed by atoms with van der Waals surface area (Å²) in [4.78, 5) is 9.81. The lowest BCUT2D eigenvalue weighted by Gasteiger charge is -2.32. The van der Waals surface area contributed by atoms with E-state index >= 15 is 0 Å². The van der Waals surface area contributed by atoms with E-state index in [4.69, 9.17) is 19.2 Å². The standard InChI is InChI=1S/C19H28N4O3.HI/c1-2-20-19(21-12-15-3-4-17-18(11-15)26-14-25-17)23-6-5-16(13-23)22-7-9-24-10-8-22;/h3-4,11,16H,2,5-10,12-14H2,1H3,(H,20,21);1H. The van der Waals surface area contributed by atoms with Crippen LogP contribution in [-0.2, 0) is 11.3 Å². The van der Waals surface area contributed by atoms with Crippen molar-refractivity contribution in [3.8, 4) is 11.5 Å². The van der Waals surface area contributed by atoms with E-state index in [1.165, 1.54) is 6.42 Å². The zero-order valence-corrected chi connectivity index (χ0v) is 18.2. The fourth-order valence-electron chi connectivity index (χ4n) is 3.81. The molecule has 3 aliphatic rings. The van der Waals surface area contributed by atoms with Gasteiger partial charge in [-0.1, -0.05) is 6.07 Å². The predicted octanol–water partition coefficient (Wildman–Crippen LogP) is 1.91. The molecule has 0 aromatic heterocycles. The predicted molar refractivity (Wildman–Crippen MR) is 115 cm³/mol. The minimum absolute atomic E-state index is 0. The highest BCUT2D eigenvalue weighted by molar-refractivity contribution is 14.0. The van der Waals surface area contributed by atoms with Crippen LogP contribution in [0.3, 0.4) is 0 Å². The van der Waals surface area contributed by atoms with E-state index < -0.39 is 0 Å². The number of hydrogen-bond acceptors (Lipinski definition) is 5. The molecule has 1 atom stereocenters. The van der Waals surface area contributed by atoms with Crippen LogP contribution in [-0.4, -0.2) is 74.5 Å². The molecule has 150 valence electrons. The highest BCUT2D eigenvalue weighted by atomic mass is 127. The third-order valence-corrected chi connectivity index (χ3v) is 5.21. The fourth-order valence-corrected chi connectivity index (χ4v) is 3.81. The van der Waals surface area contributed by atoms with Crippen molar-refractivity contribution in [3.63, 3.8) is 0 Å². The van der Waals surface area contributed by atoms with Crippen molar-refractivity contribution in [1.29, 1.82) is 0 Å². The normalized spacial score (nSPS) is 22.6. The smallest absolute Gasteiger partial charge is 0.231 e. The Morgan fingerprint density at radius 1 is 1.19 bits per heavy atom. The van der Waals surface area contributed by atoms with Crippen molar-refractivity contribution >= 4 is 29.9 Å². The number of benzene rings is 1. The van der Waals surface area contributed by atoms with Crippen molar-refractivity contribution in [1.82, 2.24) is 15.1 Å². The first kappa shape index (κ1) is 20.5. The van der Waals surface area contributed by atoms with E-state index in [0.29, 0.717) is 19.4 Å². The summed E-state index contributed by atoms with van der Waals surface area (Å²) < 4.78 is 16.3. The highest BCUT2D eigenvalue weighted by Crippen LogP contribution is 2.32. The Morgan fingerprint density at radius 2 is 2.00 bits per heavy atom. The molecule has 2 saturated heterocycles. The molecule has 1 N–H and O–H groups in total. The topological polar surface area (TPSA) is 58.6 Å². The molecular formula is C19H29IN4O3. The van der Waals surface area contributed by atoms with Gasteiger partial charge in [0.1, 0.15) is 0 Å². The lowest BCUT2D eigenvalue weighted by molar-refractivity contribution is 0.0195. The number of guanidine groups is 1. The van der Waals surface area contributed by atoms with Crippen LogP contribution in [0.25, 0.3) is 0 Å². The minimum Gasteiger partial charge on any atom is -0.454 e. The van der Waals surface area contributed by atoms with E-state index in [2.05, 4.69) is 28.1 Å². The van der Waals surface area contributed by atoms with Gasteiger partial charge in [-0.15, -0.1) is 24.0 Å². The van der Waals surface area contributed by atoms with Gasteiger partial charge in [0.05, 0.1) is 19.8 Å². The second-order valence-corrected chi connectivity index (χ2v) is 6.89. The molecule has 0 aliphatic carbocycles. The van der Waals surface area contributed by atoms with Crippen molar-refractivity contribution in [2.24, 2.45) is 4.99 Å². The molecule has 0 spiro atoms. The number of aliphatic imine (C=N–C) groups is 1. The van der Waals surface area contributed by atoms with E-state index in [1.54, 1.807) is 0 Å². The molecule has 0 bridgehead atoms. The maximum Gasteiger partial charge on any atom is 0.231 e. The van der Waals surface area contributed by atoms with Crippen LogP contribution in [0.15, 0.2) is 23.2 Å². The number of rotatable bonds is 4. The van der Waals surface area contributed by atoms with E-state index in [0.717, 1.165) is 69.0 Å². The van der Waals surface area contributed by atoms with Gasteiger partial charge < -0.3 is 24.4 Å². The van der Waals surface area contributed by atoms with Crippen LogP contribution in [0.4, 0.5) is 0 Å². The number of morpholine rings is 1. The molecular weight excluding hydrogens is 459 g/mol. The van der Waals surface area contributed by atoms with Crippen molar-refractivity contribution in [2.75, 3.05) is 52.7 Å². The second kappa shape index (κ2) is 9.79. The SMILES string of the molecule is CCNC(=NCc1ccc2c(c1)OCO2)N1CCC(N2CCOCC2)C1.I. The average molecular weight is 488 g/mol. The molecule has 2 fully saturated rings. The highest BCUT2D eigenvalue weighted by Gasteiger charge is 2.30. The first-order valence-corrected chi connectivity index (χ1v) is 9.57. The zero-order valence-electron chi connectivity index (χ0n) is 15.9. The molecule has 1 unspecified atom stereocenters. The summed E-state index contributed by atoms with van der Waals surface area (Å²) in [6.07, 6.45) is 1.19. The Hall–Kier alpha value is -1.26. The number of ether oxygens (including phenoxy) is 3. The molecule has 0 radical (unpaired) electrons. The van der Waals surface area contributed by atoms with Crippen LogP contribution in [0.5, 0.6) is 11.5 Å². The quantitative estimate of drug-likeness (QED) is 0.397. The summed E-state index contributed by atoms with van der Waals surface area (Å²) in [5.74, 6) is 2.63. The molecule has 1 aromatic carbocycles. The second-order valence-electron chi connectivity index (χ2n) is 6.89. The van der Waals surface area contributed by atoms with Crippen molar-refractivity contribution in [3.05, 3.63) is 23.8 Å². The third-order valence-electron chi connectivity index (χ3n) is 5.21. The van der Waals surface area contributed by atoms with Gasteiger partial charge in [0, 0.05) is 38.8 Å². The molecule has 3 heterocycles. The molecule has 4 rings (SSSR count). The molecule has 8 heteroatoms. The molecule has 27 heavy (non-hydrogen) atoms. The van der Waals surface area contributed by atoms with Gasteiger partial charge in [-0.2, -0.15) is 0 Å². The van der Waals surface area contributed by atoms with Gasteiger partial charge in [0.2, 0.25) is 6.79 Å². The van der Waals surface area contributed by atoms with E-state index in [1.807, 2.05) is 12.1 Å². The van der Waals surface area contributed by atoms with Gasteiger partial charge >= 0.3 is 0 Å². The summed E-state index contributed by atoms with van der Waals surface area (Å²) in [5.41, 5.74) is 1.13. The molecule has 0 amide bonds. The Labute approximate surface area is 178 Å². The van der Waals surface area contributed by atoms with Gasteiger partial charge in [-0.05, 0) is 31.0 Å². The molecule has 3 aliphatic heterocycles. The van der Waals surface area contributed by atoms with Crippen LogP contribution in [0.1, 0.15) is 18.9 Å². The Balaban J connectivity index is 0.00000210. The van der Waals surface area contributed by atoms with Crippen molar-refractivity contribution < 1.29 is 14.2 Å². The monoisotopic (exact) mass is 488 g/mol. The maximum atomic E-state index is 5.48. The molecule has 0 saturated carbocycles. The number of nitrogens with one attached hydrogen (secondary N) is 1. The largest absolute Gasteiger partial charge is 0.454 e. The van der Waals surface area contributed by atoms with Crippen LogP contribution >= 0.6 is 24.0 Å². The lowest BCUT2D eigenvalue weighted by Crippen LogP contribution is -2.46. The van der Waals surface area contributed by atoms with Gasteiger partial charge in [0.25, 0.3) is 0 Å². The first-order valence-electron chi connectivity index (χ1n) is 9.57. The first-order chi connectivity index (χ1) is 12.8. The van der Waals surface area contributed by atoms with Gasteiger partial charge in [-0.25, -0.2) is 4.99 Å². The van der Waals surface area contributed by atoms with E-state index in [-0.39, 0.29) is 24.0 Å². The summed E-state index contributed by atoms with van der Waals surface area (Å²) in [6, 6.07) is 6.65. The number of hydrogen-bond donors (Lipinski definition) is 1. The van der Waals surface area contributed by atoms with Gasteiger partial charge in [-0.3, -0.25) is 4.90 Å². The maximum absolute atomic E-state index is 5.48. The lowest BCUT2D eigenvalue weighted by atomic mass is 10.2. The number of halogens is 1. The Bertz CT molecular complexity index is 652. The Morgan fingerprint density at radius 3 is 2.81 bits per heavy atom. The fraction of sp³-hybridized carbons (Fsp3) is 0.632. The average Bonchev–Trinajstić information content (AvgIpc) is 3.35.